The van der Waals surface area contributed by atoms with E-state index < -0.39 is 0 Å². The van der Waals surface area contributed by atoms with Crippen LogP contribution >= 0.6 is 11.8 Å². The molecule has 1 aliphatic rings. The number of aromatic nitrogens is 1. The molecule has 0 unspecified atom stereocenters. The number of hydrogen-bond donors (Lipinski definition) is 0. The van der Waals surface area contributed by atoms with E-state index in [1.54, 1.807) is 13.3 Å². The van der Waals surface area contributed by atoms with E-state index in [2.05, 4.69) is 4.98 Å². The van der Waals surface area contributed by atoms with Crippen molar-refractivity contribution < 1.29 is 9.53 Å². The number of amides is 1. The standard InChI is InChI=1S/C16H18N2O2S/c1-20-14-6-4-5-13-12(14)7-8-17-16(13)21-11-15(19)18-9-2-3-10-18/h4-8H,2-3,9-11H2,1H3. The maximum absolute atomic E-state index is 12.1. The summed E-state index contributed by atoms with van der Waals surface area (Å²) < 4.78 is 5.38. The van der Waals surface area contributed by atoms with E-state index in [0.717, 1.165) is 47.5 Å². The summed E-state index contributed by atoms with van der Waals surface area (Å²) >= 11 is 1.51. The molecule has 1 amide bonds. The Morgan fingerprint density at radius 3 is 2.86 bits per heavy atom. The Kier molecular flexibility index (Phi) is 4.29. The first-order valence-corrected chi connectivity index (χ1v) is 8.10. The van der Waals surface area contributed by atoms with E-state index >= 15 is 0 Å². The maximum atomic E-state index is 12.1. The van der Waals surface area contributed by atoms with Crippen molar-refractivity contribution in [1.29, 1.82) is 0 Å². The fourth-order valence-electron chi connectivity index (χ4n) is 2.63. The first-order chi connectivity index (χ1) is 10.3. The second kappa shape index (κ2) is 6.35. The minimum absolute atomic E-state index is 0.208. The molecule has 21 heavy (non-hydrogen) atoms. The Morgan fingerprint density at radius 1 is 1.29 bits per heavy atom. The molecule has 0 N–H and O–H groups in total. The van der Waals surface area contributed by atoms with Crippen molar-refractivity contribution in [2.24, 2.45) is 0 Å². The molecule has 5 heteroatoms. The van der Waals surface area contributed by atoms with Crippen LogP contribution in [0.15, 0.2) is 35.5 Å². The molecular weight excluding hydrogens is 284 g/mol. The highest BCUT2D eigenvalue weighted by Gasteiger charge is 2.18. The first kappa shape index (κ1) is 14.2. The third-order valence-electron chi connectivity index (χ3n) is 3.74. The predicted octanol–water partition coefficient (Wildman–Crippen LogP) is 2.96. The Labute approximate surface area is 128 Å². The molecule has 0 bridgehead atoms. The quantitative estimate of drug-likeness (QED) is 0.814. The zero-order valence-corrected chi connectivity index (χ0v) is 12.9. The van der Waals surface area contributed by atoms with Gasteiger partial charge < -0.3 is 9.64 Å². The average molecular weight is 302 g/mol. The van der Waals surface area contributed by atoms with Crippen LogP contribution < -0.4 is 4.74 Å². The summed E-state index contributed by atoms with van der Waals surface area (Å²) in [6, 6.07) is 7.86. The molecule has 1 aromatic heterocycles. The van der Waals surface area contributed by atoms with E-state index in [0.29, 0.717) is 5.75 Å². The lowest BCUT2D eigenvalue weighted by Crippen LogP contribution is -2.29. The number of benzene rings is 1. The number of fused-ring (bicyclic) bond motifs is 1. The van der Waals surface area contributed by atoms with Crippen LogP contribution in [0.2, 0.25) is 0 Å². The van der Waals surface area contributed by atoms with Gasteiger partial charge in [0.15, 0.2) is 0 Å². The number of carbonyl (C=O) groups excluding carboxylic acids is 1. The van der Waals surface area contributed by atoms with Gasteiger partial charge >= 0.3 is 0 Å². The van der Waals surface area contributed by atoms with Crippen LogP contribution in [0.3, 0.4) is 0 Å². The molecule has 4 nitrogen and oxygen atoms in total. The largest absolute Gasteiger partial charge is 0.496 e. The Morgan fingerprint density at radius 2 is 2.10 bits per heavy atom. The van der Waals surface area contributed by atoms with Crippen molar-refractivity contribution in [1.82, 2.24) is 9.88 Å². The van der Waals surface area contributed by atoms with Gasteiger partial charge in [-0.1, -0.05) is 23.9 Å². The molecule has 0 saturated carbocycles. The van der Waals surface area contributed by atoms with Crippen LogP contribution in [0.25, 0.3) is 10.8 Å². The molecule has 1 aliphatic heterocycles. The number of hydrogen-bond acceptors (Lipinski definition) is 4. The zero-order chi connectivity index (χ0) is 14.7. The number of carbonyl (C=O) groups is 1. The number of nitrogens with zero attached hydrogens (tertiary/aromatic N) is 2. The van der Waals surface area contributed by atoms with Gasteiger partial charge in [-0.15, -0.1) is 0 Å². The van der Waals surface area contributed by atoms with E-state index in [4.69, 9.17) is 4.74 Å². The SMILES string of the molecule is COc1cccc2c(SCC(=O)N3CCCC3)nccc12. The van der Waals surface area contributed by atoms with Crippen LogP contribution in [0, 0.1) is 0 Å². The average Bonchev–Trinajstić information content (AvgIpc) is 3.06. The third-order valence-corrected chi connectivity index (χ3v) is 4.73. The molecule has 1 aromatic carbocycles. The molecule has 2 heterocycles. The highest BCUT2D eigenvalue weighted by molar-refractivity contribution is 8.00. The number of likely N-dealkylation sites (tertiary alicyclic amines) is 1. The topological polar surface area (TPSA) is 42.4 Å². The number of rotatable bonds is 4. The molecular formula is C16H18N2O2S. The lowest BCUT2D eigenvalue weighted by atomic mass is 10.1. The van der Waals surface area contributed by atoms with Crippen molar-refractivity contribution in [3.8, 4) is 5.75 Å². The van der Waals surface area contributed by atoms with Crippen LogP contribution in [-0.4, -0.2) is 41.7 Å². The smallest absolute Gasteiger partial charge is 0.232 e. The molecule has 0 radical (unpaired) electrons. The van der Waals surface area contributed by atoms with Gasteiger partial charge in [0.25, 0.3) is 0 Å². The van der Waals surface area contributed by atoms with E-state index in [9.17, 15) is 4.79 Å². The van der Waals surface area contributed by atoms with Crippen LogP contribution in [0.4, 0.5) is 0 Å². The Hall–Kier alpha value is -1.75. The summed E-state index contributed by atoms with van der Waals surface area (Å²) in [5.74, 6) is 1.49. The van der Waals surface area contributed by atoms with Gasteiger partial charge in [-0.2, -0.15) is 0 Å². The van der Waals surface area contributed by atoms with Gasteiger partial charge in [-0.25, -0.2) is 4.98 Å². The second-order valence-corrected chi connectivity index (χ2v) is 6.01. The lowest BCUT2D eigenvalue weighted by molar-refractivity contribution is -0.127. The molecule has 0 spiro atoms. The third kappa shape index (κ3) is 2.97. The van der Waals surface area contributed by atoms with Gasteiger partial charge in [-0.3, -0.25) is 4.79 Å². The molecule has 0 aliphatic carbocycles. The summed E-state index contributed by atoms with van der Waals surface area (Å²) in [7, 11) is 1.67. The summed E-state index contributed by atoms with van der Waals surface area (Å²) in [6.45, 7) is 1.80. The highest BCUT2D eigenvalue weighted by Crippen LogP contribution is 2.31. The molecule has 110 valence electrons. The summed E-state index contributed by atoms with van der Waals surface area (Å²) in [6.07, 6.45) is 4.02. The van der Waals surface area contributed by atoms with E-state index in [-0.39, 0.29) is 5.91 Å². The minimum Gasteiger partial charge on any atom is -0.496 e. The Bertz CT molecular complexity index is 654. The van der Waals surface area contributed by atoms with Gasteiger partial charge in [0.2, 0.25) is 5.91 Å². The first-order valence-electron chi connectivity index (χ1n) is 7.12. The van der Waals surface area contributed by atoms with Crippen LogP contribution in [0.1, 0.15) is 12.8 Å². The maximum Gasteiger partial charge on any atom is 0.232 e. The number of thioether (sulfide) groups is 1. The van der Waals surface area contributed by atoms with Crippen molar-refractivity contribution in [3.63, 3.8) is 0 Å². The van der Waals surface area contributed by atoms with Crippen molar-refractivity contribution in [3.05, 3.63) is 30.5 Å². The van der Waals surface area contributed by atoms with Crippen LogP contribution in [0.5, 0.6) is 5.75 Å². The molecule has 1 saturated heterocycles. The minimum atomic E-state index is 0.208. The Balaban J connectivity index is 1.79. The van der Waals surface area contributed by atoms with Crippen molar-refractivity contribution >= 4 is 28.4 Å². The lowest BCUT2D eigenvalue weighted by Gasteiger charge is -2.15. The van der Waals surface area contributed by atoms with Crippen molar-refractivity contribution in [2.75, 3.05) is 26.0 Å². The normalized spacial score (nSPS) is 14.6. The van der Waals surface area contributed by atoms with Crippen LogP contribution in [-0.2, 0) is 4.79 Å². The monoisotopic (exact) mass is 302 g/mol. The fraction of sp³-hybridized carbons (Fsp3) is 0.375. The van der Waals surface area contributed by atoms with Gasteiger partial charge in [0.05, 0.1) is 12.9 Å². The van der Waals surface area contributed by atoms with Gasteiger partial charge in [0, 0.05) is 30.1 Å². The van der Waals surface area contributed by atoms with Crippen molar-refractivity contribution in [2.45, 2.75) is 17.9 Å². The van der Waals surface area contributed by atoms with E-state index in [1.165, 1.54) is 11.8 Å². The molecule has 2 aromatic rings. The molecule has 0 atom stereocenters. The summed E-state index contributed by atoms with van der Waals surface area (Å²) in [4.78, 5) is 18.5. The second-order valence-electron chi connectivity index (χ2n) is 5.05. The molecule has 3 rings (SSSR count). The number of pyridine rings is 1. The predicted molar refractivity (Wildman–Crippen MR) is 84.8 cm³/mol. The summed E-state index contributed by atoms with van der Waals surface area (Å²) in [5, 5.41) is 2.96. The zero-order valence-electron chi connectivity index (χ0n) is 12.0. The van der Waals surface area contributed by atoms with Gasteiger partial charge in [0.1, 0.15) is 10.8 Å². The molecule has 1 fully saturated rings. The van der Waals surface area contributed by atoms with E-state index in [1.807, 2.05) is 29.2 Å². The number of ether oxygens (including phenoxy) is 1. The van der Waals surface area contributed by atoms with Gasteiger partial charge in [-0.05, 0) is 25.0 Å². The summed E-state index contributed by atoms with van der Waals surface area (Å²) in [5.41, 5.74) is 0. The number of methoxy groups -OCH3 is 1. The highest BCUT2D eigenvalue weighted by atomic mass is 32.2. The fourth-order valence-corrected chi connectivity index (χ4v) is 3.54.